The second-order valence-corrected chi connectivity index (χ2v) is 8.84. The number of Topliss-reactive ketones (excluding diaryl/α,β-unsaturated/α-hetero) is 1. The Balaban J connectivity index is 1.19. The summed E-state index contributed by atoms with van der Waals surface area (Å²) in [5.41, 5.74) is 4.91. The van der Waals surface area contributed by atoms with Crippen LogP contribution in [0.4, 0.5) is 0 Å². The molecule has 5 rings (SSSR count). The third-order valence-corrected chi connectivity index (χ3v) is 6.73. The van der Waals surface area contributed by atoms with Crippen LogP contribution in [0.5, 0.6) is 0 Å². The molecule has 0 fully saturated rings. The van der Waals surface area contributed by atoms with Gasteiger partial charge in [-0.25, -0.2) is 0 Å². The van der Waals surface area contributed by atoms with Gasteiger partial charge >= 0.3 is 5.97 Å². The molecule has 0 amide bonds. The Hall–Kier alpha value is -3.34. The lowest BCUT2D eigenvalue weighted by atomic mass is 9.92. The van der Waals surface area contributed by atoms with Gasteiger partial charge in [0.1, 0.15) is 11.3 Å². The first-order chi connectivity index (χ1) is 15.6. The van der Waals surface area contributed by atoms with Crippen LogP contribution < -0.4 is 0 Å². The van der Waals surface area contributed by atoms with Gasteiger partial charge in [0, 0.05) is 46.5 Å². The van der Waals surface area contributed by atoms with Gasteiger partial charge in [-0.1, -0.05) is 36.8 Å². The second kappa shape index (κ2) is 8.65. The zero-order valence-electron chi connectivity index (χ0n) is 18.0. The van der Waals surface area contributed by atoms with Gasteiger partial charge in [-0.3, -0.25) is 9.59 Å². The van der Waals surface area contributed by atoms with E-state index < -0.39 is 11.9 Å². The first-order valence-electron chi connectivity index (χ1n) is 11.5. The Morgan fingerprint density at radius 3 is 2.81 bits per heavy atom. The van der Waals surface area contributed by atoms with E-state index >= 15 is 0 Å². The molecule has 0 saturated heterocycles. The number of hydrogen-bond acceptors (Lipinski definition) is 3. The van der Waals surface area contributed by atoms with E-state index in [4.69, 9.17) is 4.42 Å². The summed E-state index contributed by atoms with van der Waals surface area (Å²) in [7, 11) is 0. The average molecular weight is 430 g/mol. The molecule has 1 atom stereocenters. The number of hydrogen-bond donors (Lipinski definition) is 2. The highest BCUT2D eigenvalue weighted by atomic mass is 16.4. The number of carboxylic acid groups (broad SMARTS) is 1. The topological polar surface area (TPSA) is 83.3 Å². The van der Waals surface area contributed by atoms with Gasteiger partial charge in [0.05, 0.1) is 5.92 Å². The molecule has 0 spiro atoms. The smallest absolute Gasteiger partial charge is 0.306 e. The van der Waals surface area contributed by atoms with E-state index in [-0.39, 0.29) is 12.2 Å². The highest BCUT2D eigenvalue weighted by molar-refractivity contribution is 6.01. The second-order valence-electron chi connectivity index (χ2n) is 8.84. The Labute approximate surface area is 186 Å². The van der Waals surface area contributed by atoms with Crippen molar-refractivity contribution in [3.05, 3.63) is 71.1 Å². The van der Waals surface area contributed by atoms with Crippen molar-refractivity contribution in [1.29, 1.82) is 0 Å². The number of aliphatic carboxylic acids is 1. The molecule has 164 valence electrons. The Bertz CT molecular complexity index is 1300. The molecule has 0 saturated carbocycles. The monoisotopic (exact) mass is 429 g/mol. The summed E-state index contributed by atoms with van der Waals surface area (Å²) in [5, 5.41) is 12.0. The van der Waals surface area contributed by atoms with Crippen molar-refractivity contribution in [2.24, 2.45) is 5.92 Å². The lowest BCUT2D eigenvalue weighted by Crippen LogP contribution is -2.18. The molecule has 5 nitrogen and oxygen atoms in total. The third kappa shape index (κ3) is 3.95. The summed E-state index contributed by atoms with van der Waals surface area (Å²) in [6.07, 6.45) is 8.20. The van der Waals surface area contributed by atoms with Crippen molar-refractivity contribution in [2.75, 3.05) is 0 Å². The summed E-state index contributed by atoms with van der Waals surface area (Å²) in [6.45, 7) is 0. The fourth-order valence-corrected chi connectivity index (χ4v) is 4.97. The first kappa shape index (κ1) is 20.6. The van der Waals surface area contributed by atoms with Crippen molar-refractivity contribution < 1.29 is 19.1 Å². The Kier molecular flexibility index (Phi) is 5.56. The number of nitrogens with one attached hydrogen (secondary N) is 1. The van der Waals surface area contributed by atoms with E-state index in [1.807, 2.05) is 30.5 Å². The van der Waals surface area contributed by atoms with Crippen LogP contribution in [0.2, 0.25) is 0 Å². The van der Waals surface area contributed by atoms with Crippen LogP contribution in [-0.4, -0.2) is 21.8 Å². The quantitative estimate of drug-likeness (QED) is 0.249. The number of fused-ring (bicyclic) bond motifs is 4. The van der Waals surface area contributed by atoms with Crippen molar-refractivity contribution in [2.45, 2.75) is 51.4 Å². The molecule has 1 aliphatic rings. The van der Waals surface area contributed by atoms with Gasteiger partial charge in [0.2, 0.25) is 0 Å². The summed E-state index contributed by atoms with van der Waals surface area (Å²) in [4.78, 5) is 27.9. The van der Waals surface area contributed by atoms with Crippen molar-refractivity contribution in [3.63, 3.8) is 0 Å². The van der Waals surface area contributed by atoms with Crippen LogP contribution in [0.25, 0.3) is 21.9 Å². The maximum absolute atomic E-state index is 12.8. The molecule has 0 radical (unpaired) electrons. The number of aryl methyl sites for hydroxylation is 3. The van der Waals surface area contributed by atoms with Crippen LogP contribution >= 0.6 is 0 Å². The summed E-state index contributed by atoms with van der Waals surface area (Å²) < 4.78 is 5.93. The Morgan fingerprint density at radius 1 is 1.06 bits per heavy atom. The number of ketones is 1. The van der Waals surface area contributed by atoms with Crippen LogP contribution in [0.1, 0.15) is 59.3 Å². The number of aromatic amines is 1. The van der Waals surface area contributed by atoms with E-state index in [9.17, 15) is 14.7 Å². The predicted molar refractivity (Wildman–Crippen MR) is 124 cm³/mol. The zero-order valence-corrected chi connectivity index (χ0v) is 18.0. The fourth-order valence-electron chi connectivity index (χ4n) is 4.97. The fraction of sp³-hybridized carbons (Fsp3) is 0.333. The minimum atomic E-state index is -0.900. The number of H-pyrrole nitrogens is 1. The third-order valence-electron chi connectivity index (χ3n) is 6.73. The normalized spacial score (nSPS) is 14.1. The highest BCUT2D eigenvalue weighted by Gasteiger charge is 2.24. The molecule has 0 bridgehead atoms. The van der Waals surface area contributed by atoms with Crippen molar-refractivity contribution in [3.8, 4) is 0 Å². The number of benzene rings is 2. The lowest BCUT2D eigenvalue weighted by molar-refractivity contribution is -0.141. The molecule has 1 aliphatic carbocycles. The predicted octanol–water partition coefficient (Wildman–Crippen LogP) is 6.09. The van der Waals surface area contributed by atoms with E-state index in [1.54, 1.807) is 6.07 Å². The Morgan fingerprint density at radius 2 is 1.94 bits per heavy atom. The molecule has 0 aliphatic heterocycles. The molecule has 1 unspecified atom stereocenters. The maximum atomic E-state index is 12.8. The van der Waals surface area contributed by atoms with Crippen LogP contribution in [0.3, 0.4) is 0 Å². The molecule has 32 heavy (non-hydrogen) atoms. The van der Waals surface area contributed by atoms with Crippen LogP contribution in [-0.2, 0) is 24.1 Å². The zero-order chi connectivity index (χ0) is 22.1. The molecule has 4 aromatic rings. The number of carboxylic acids is 1. The minimum Gasteiger partial charge on any atom is -0.481 e. The maximum Gasteiger partial charge on any atom is 0.306 e. The molecular weight excluding hydrogens is 402 g/mol. The van der Waals surface area contributed by atoms with Gasteiger partial charge in [-0.15, -0.1) is 0 Å². The standard InChI is InChI=1S/C27H27NO4/c29-24(17-12-13-22-21-9-5-11-25(21)32-26(22)15-17)14-18(27(30)31)6-1-2-7-19-16-28-23-10-4-3-8-20(19)23/h3-4,8,10,12-13,15-16,18,28H,1-2,5-7,9,11,14H2,(H,30,31). The van der Waals surface area contributed by atoms with E-state index in [0.717, 1.165) is 60.8 Å². The molecule has 2 aromatic carbocycles. The number of aromatic nitrogens is 1. The van der Waals surface area contributed by atoms with E-state index in [1.165, 1.54) is 16.5 Å². The number of para-hydroxylation sites is 1. The number of furan rings is 1. The van der Waals surface area contributed by atoms with Gasteiger partial charge in [-0.2, -0.15) is 0 Å². The van der Waals surface area contributed by atoms with Gasteiger partial charge in [-0.05, 0) is 49.8 Å². The van der Waals surface area contributed by atoms with Gasteiger partial charge in [0.15, 0.2) is 5.78 Å². The minimum absolute atomic E-state index is 0.0222. The van der Waals surface area contributed by atoms with Crippen LogP contribution in [0, 0.1) is 5.92 Å². The summed E-state index contributed by atoms with van der Waals surface area (Å²) in [5.74, 6) is -0.665. The SMILES string of the molecule is O=C(CC(CCCCc1c[nH]c2ccccc12)C(=O)O)c1ccc2c3c(oc2c1)CCC3. The molecule has 2 aromatic heterocycles. The molecule has 2 N–H and O–H groups in total. The molecule has 2 heterocycles. The molecular formula is C27H27NO4. The van der Waals surface area contributed by atoms with E-state index in [0.29, 0.717) is 12.0 Å². The van der Waals surface area contributed by atoms with Crippen molar-refractivity contribution in [1.82, 2.24) is 4.98 Å². The van der Waals surface area contributed by atoms with Crippen LogP contribution in [0.15, 0.2) is 53.1 Å². The average Bonchev–Trinajstić information content (AvgIpc) is 3.49. The largest absolute Gasteiger partial charge is 0.481 e. The number of rotatable bonds is 9. The summed E-state index contributed by atoms with van der Waals surface area (Å²) >= 11 is 0. The molecule has 5 heteroatoms. The van der Waals surface area contributed by atoms with E-state index in [2.05, 4.69) is 17.1 Å². The van der Waals surface area contributed by atoms with Crippen molar-refractivity contribution >= 4 is 33.6 Å². The lowest BCUT2D eigenvalue weighted by Gasteiger charge is -2.11. The van der Waals surface area contributed by atoms with Gasteiger partial charge in [0.25, 0.3) is 0 Å². The number of carbonyl (C=O) groups is 2. The number of carbonyl (C=O) groups excluding carboxylic acids is 1. The number of unbranched alkanes of at least 4 members (excludes halogenated alkanes) is 1. The summed E-state index contributed by atoms with van der Waals surface area (Å²) in [6, 6.07) is 13.7. The first-order valence-corrected chi connectivity index (χ1v) is 11.5. The van der Waals surface area contributed by atoms with Gasteiger partial charge < -0.3 is 14.5 Å². The highest BCUT2D eigenvalue weighted by Crippen LogP contribution is 2.33.